The molecule has 0 bridgehead atoms. The molecule has 1 aliphatic heterocycles. The molecule has 1 heterocycles. The molecule has 0 N–H and O–H groups in total. The van der Waals surface area contributed by atoms with Crippen molar-refractivity contribution in [2.45, 2.75) is 50.8 Å². The highest BCUT2D eigenvalue weighted by molar-refractivity contribution is 7.99. The fourth-order valence-corrected chi connectivity index (χ4v) is 5.42. The zero-order valence-electron chi connectivity index (χ0n) is 17.0. The van der Waals surface area contributed by atoms with Crippen molar-refractivity contribution in [3.63, 3.8) is 0 Å². The third kappa shape index (κ3) is 4.21. The van der Waals surface area contributed by atoms with Gasteiger partial charge >= 0.3 is 11.9 Å². The van der Waals surface area contributed by atoms with Gasteiger partial charge in [0.1, 0.15) is 6.10 Å². The van der Waals surface area contributed by atoms with E-state index in [4.69, 9.17) is 9.47 Å². The lowest BCUT2D eigenvalue weighted by Crippen LogP contribution is -2.61. The van der Waals surface area contributed by atoms with Crippen molar-refractivity contribution in [2.24, 2.45) is 5.92 Å². The van der Waals surface area contributed by atoms with E-state index in [9.17, 15) is 19.2 Å². The van der Waals surface area contributed by atoms with E-state index in [1.54, 1.807) is 24.3 Å². The highest BCUT2D eigenvalue weighted by atomic mass is 32.2. The summed E-state index contributed by atoms with van der Waals surface area (Å²) in [4.78, 5) is 49.8. The molecule has 2 unspecified atom stereocenters. The number of esters is 2. The summed E-state index contributed by atoms with van der Waals surface area (Å²) in [7, 11) is 0. The molecule has 0 spiro atoms. The van der Waals surface area contributed by atoms with Crippen molar-refractivity contribution >= 4 is 35.5 Å². The Kier molecular flexibility index (Phi) is 6.80. The fraction of sp³-hybridized carbons (Fsp3) is 0.524. The first-order chi connectivity index (χ1) is 14.3. The summed E-state index contributed by atoms with van der Waals surface area (Å²) in [6.07, 6.45) is -2.72. The van der Waals surface area contributed by atoms with Crippen LogP contribution in [0, 0.1) is 5.92 Å². The molecule has 2 amide bonds. The fourth-order valence-electron chi connectivity index (χ4n) is 4.14. The first-order valence-corrected chi connectivity index (χ1v) is 10.8. The Morgan fingerprint density at radius 2 is 1.73 bits per heavy atom. The topological polar surface area (TPSA) is 90.0 Å². The number of halogens is 1. The number of benzene rings is 1. The van der Waals surface area contributed by atoms with E-state index in [-0.39, 0.29) is 17.7 Å². The Morgan fingerprint density at radius 1 is 1.13 bits per heavy atom. The second-order valence-corrected chi connectivity index (χ2v) is 8.84. The number of imide groups is 1. The minimum absolute atomic E-state index is 0.108. The lowest BCUT2D eigenvalue weighted by atomic mass is 9.81. The summed E-state index contributed by atoms with van der Waals surface area (Å²) < 4.78 is 26.2. The van der Waals surface area contributed by atoms with Crippen LogP contribution in [0.3, 0.4) is 0 Å². The summed E-state index contributed by atoms with van der Waals surface area (Å²) >= 11 is 1.43. The first-order valence-electron chi connectivity index (χ1n) is 9.79. The number of amides is 2. The van der Waals surface area contributed by atoms with Crippen molar-refractivity contribution in [3.8, 4) is 0 Å². The van der Waals surface area contributed by atoms with Crippen LogP contribution >= 0.6 is 11.8 Å². The summed E-state index contributed by atoms with van der Waals surface area (Å²) in [5.74, 6) is -2.25. The van der Waals surface area contributed by atoms with E-state index in [1.807, 2.05) is 6.92 Å². The molecule has 30 heavy (non-hydrogen) atoms. The Bertz CT molecular complexity index is 827. The number of fused-ring (bicyclic) bond motifs is 1. The van der Waals surface area contributed by atoms with Gasteiger partial charge in [-0.15, -0.1) is 0 Å². The molecule has 162 valence electrons. The molecule has 0 radical (unpaired) electrons. The molecule has 9 heteroatoms. The van der Waals surface area contributed by atoms with Gasteiger partial charge in [-0.25, -0.2) is 4.39 Å². The monoisotopic (exact) mass is 437 g/mol. The van der Waals surface area contributed by atoms with Crippen LogP contribution in [0.4, 0.5) is 4.39 Å². The molecule has 1 aliphatic carbocycles. The first kappa shape index (κ1) is 22.3. The molecule has 2 aliphatic rings. The maximum Gasteiger partial charge on any atom is 0.303 e. The number of alkyl halides is 1. The van der Waals surface area contributed by atoms with Gasteiger partial charge in [0.15, 0.2) is 6.17 Å². The van der Waals surface area contributed by atoms with Gasteiger partial charge in [0.25, 0.3) is 11.8 Å². The minimum Gasteiger partial charge on any atom is -0.465 e. The van der Waals surface area contributed by atoms with Crippen LogP contribution in [0.25, 0.3) is 0 Å². The number of rotatable bonds is 6. The van der Waals surface area contributed by atoms with Crippen molar-refractivity contribution in [1.82, 2.24) is 4.90 Å². The number of thioether (sulfide) groups is 1. The van der Waals surface area contributed by atoms with Crippen molar-refractivity contribution < 1.29 is 33.0 Å². The van der Waals surface area contributed by atoms with Crippen LogP contribution in [0.15, 0.2) is 24.3 Å². The average molecular weight is 437 g/mol. The smallest absolute Gasteiger partial charge is 0.303 e. The Labute approximate surface area is 178 Å². The number of nitrogens with zero attached hydrogens (tertiary/aromatic N) is 1. The number of ether oxygens (including phenoxy) is 2. The minimum atomic E-state index is -1.81. The van der Waals surface area contributed by atoms with Gasteiger partial charge < -0.3 is 9.47 Å². The van der Waals surface area contributed by atoms with E-state index in [2.05, 4.69) is 0 Å². The zero-order valence-corrected chi connectivity index (χ0v) is 17.8. The molecule has 0 saturated heterocycles. The van der Waals surface area contributed by atoms with E-state index in [1.165, 1.54) is 25.6 Å². The van der Waals surface area contributed by atoms with Gasteiger partial charge in [0.2, 0.25) is 0 Å². The molecule has 0 aromatic heterocycles. The van der Waals surface area contributed by atoms with Gasteiger partial charge in [-0.2, -0.15) is 11.8 Å². The van der Waals surface area contributed by atoms with Crippen molar-refractivity contribution in [2.75, 3.05) is 12.4 Å². The second-order valence-electron chi connectivity index (χ2n) is 7.33. The number of carbonyl (C=O) groups excluding carboxylic acids is 4. The molecule has 1 saturated carbocycles. The second kappa shape index (κ2) is 9.16. The van der Waals surface area contributed by atoms with E-state index in [0.717, 1.165) is 4.90 Å². The van der Waals surface area contributed by atoms with E-state index < -0.39 is 53.2 Å². The van der Waals surface area contributed by atoms with Gasteiger partial charge in [-0.3, -0.25) is 24.1 Å². The van der Waals surface area contributed by atoms with Crippen molar-refractivity contribution in [1.29, 1.82) is 0 Å². The molecule has 7 nitrogen and oxygen atoms in total. The average Bonchev–Trinajstić information content (AvgIpc) is 2.94. The Hall–Kier alpha value is -2.42. The number of hydrogen-bond donors (Lipinski definition) is 0. The summed E-state index contributed by atoms with van der Waals surface area (Å²) in [6, 6.07) is 5.29. The molecular weight excluding hydrogens is 413 g/mol. The molecule has 1 fully saturated rings. The molecule has 5 atom stereocenters. The summed E-state index contributed by atoms with van der Waals surface area (Å²) in [5.41, 5.74) is 0.474. The predicted molar refractivity (Wildman–Crippen MR) is 108 cm³/mol. The van der Waals surface area contributed by atoms with E-state index >= 15 is 4.39 Å². The van der Waals surface area contributed by atoms with Gasteiger partial charge in [-0.05, 0) is 24.3 Å². The quantitative estimate of drug-likeness (QED) is 0.499. The third-order valence-corrected chi connectivity index (χ3v) is 6.56. The highest BCUT2D eigenvalue weighted by Gasteiger charge is 2.54. The lowest BCUT2D eigenvalue weighted by Gasteiger charge is -2.45. The maximum absolute atomic E-state index is 15.9. The van der Waals surface area contributed by atoms with Crippen LogP contribution < -0.4 is 0 Å². The van der Waals surface area contributed by atoms with Crippen LogP contribution in [0.5, 0.6) is 0 Å². The van der Waals surface area contributed by atoms with Crippen LogP contribution in [0.1, 0.15) is 47.9 Å². The molecule has 3 rings (SSSR count). The SMILES string of the molecule is CCS[C@@H]1CC(COC(C)=O)[C@@H](OC(C)=O)[C@H](F)C1N1C(=O)c2ccccc2C1=O. The molecular formula is C21H24FNO6S. The van der Waals surface area contributed by atoms with Crippen LogP contribution in [0.2, 0.25) is 0 Å². The lowest BCUT2D eigenvalue weighted by molar-refractivity contribution is -0.162. The zero-order chi connectivity index (χ0) is 22.0. The summed E-state index contributed by atoms with van der Waals surface area (Å²) in [6.45, 7) is 4.20. The van der Waals surface area contributed by atoms with Crippen molar-refractivity contribution in [3.05, 3.63) is 35.4 Å². The Morgan fingerprint density at radius 3 is 2.23 bits per heavy atom. The number of carbonyl (C=O) groups is 4. The molecule has 1 aromatic carbocycles. The predicted octanol–water partition coefficient (Wildman–Crippen LogP) is 2.63. The normalized spacial score (nSPS) is 28.3. The van der Waals surface area contributed by atoms with Gasteiger partial charge in [0.05, 0.1) is 23.8 Å². The van der Waals surface area contributed by atoms with Crippen LogP contribution in [-0.4, -0.2) is 64.6 Å². The van der Waals surface area contributed by atoms with Crippen LogP contribution in [-0.2, 0) is 19.1 Å². The standard InChI is InChI=1S/C21H24FNO6S/c1-4-30-16-9-13(10-28-11(2)24)19(29-12(3)25)17(22)18(16)23-20(26)14-7-5-6-8-15(14)21(23)27/h5-8,13,16-19H,4,9-10H2,1-3H3/t13?,16-,17-,18?,19-/m1/s1. The third-order valence-electron chi connectivity index (χ3n) is 5.33. The number of hydrogen-bond acceptors (Lipinski definition) is 7. The highest BCUT2D eigenvalue weighted by Crippen LogP contribution is 2.41. The van der Waals surface area contributed by atoms with Gasteiger partial charge in [0, 0.05) is 25.0 Å². The molecule has 1 aromatic rings. The summed E-state index contributed by atoms with van der Waals surface area (Å²) in [5, 5.41) is -0.431. The maximum atomic E-state index is 15.9. The van der Waals surface area contributed by atoms with Gasteiger partial charge in [-0.1, -0.05) is 19.1 Å². The van der Waals surface area contributed by atoms with E-state index in [0.29, 0.717) is 12.2 Å². The Balaban J connectivity index is 1.96. The largest absolute Gasteiger partial charge is 0.465 e.